The fourth-order valence-corrected chi connectivity index (χ4v) is 3.05. The largest absolute Gasteiger partial charge is 0.399 e. The quantitative estimate of drug-likeness (QED) is 0.821. The maximum absolute atomic E-state index is 12.1. The molecule has 0 saturated carbocycles. The number of carbonyl (C=O) groups excluding carboxylic acids is 1. The first-order valence-corrected chi connectivity index (χ1v) is 7.07. The summed E-state index contributed by atoms with van der Waals surface area (Å²) in [6.45, 7) is 3.85. The summed E-state index contributed by atoms with van der Waals surface area (Å²) in [7, 11) is 0. The van der Waals surface area contributed by atoms with Crippen molar-refractivity contribution in [1.82, 2.24) is 0 Å². The maximum Gasteiger partial charge on any atom is 0.266 e. The zero-order valence-electron chi connectivity index (χ0n) is 10.1. The second-order valence-corrected chi connectivity index (χ2v) is 5.85. The van der Waals surface area contributed by atoms with E-state index in [0.29, 0.717) is 4.88 Å². The number of hydrogen-bond donors (Lipinski definition) is 2. The molecule has 0 atom stereocenters. The van der Waals surface area contributed by atoms with E-state index in [-0.39, 0.29) is 5.91 Å². The molecular weight excluding hydrogens is 312 g/mol. The lowest BCUT2D eigenvalue weighted by Crippen LogP contribution is -2.12. The van der Waals surface area contributed by atoms with Gasteiger partial charge in [-0.2, -0.15) is 0 Å². The Morgan fingerprint density at radius 1 is 1.33 bits per heavy atom. The fourth-order valence-electron chi connectivity index (χ4n) is 1.61. The van der Waals surface area contributed by atoms with Crippen molar-refractivity contribution in [2.75, 3.05) is 11.1 Å². The molecule has 1 aromatic heterocycles. The molecule has 3 N–H and O–H groups in total. The molecule has 3 nitrogen and oxygen atoms in total. The molecule has 5 heteroatoms. The highest BCUT2D eigenvalue weighted by molar-refractivity contribution is 9.10. The molecule has 0 fully saturated rings. The lowest BCUT2D eigenvalue weighted by atomic mass is 10.1. The van der Waals surface area contributed by atoms with E-state index in [1.165, 1.54) is 11.3 Å². The molecule has 0 saturated heterocycles. The van der Waals surface area contributed by atoms with Gasteiger partial charge in [0.2, 0.25) is 0 Å². The monoisotopic (exact) mass is 324 g/mol. The van der Waals surface area contributed by atoms with Crippen molar-refractivity contribution < 1.29 is 4.79 Å². The first kappa shape index (κ1) is 13.1. The Labute approximate surface area is 118 Å². The Bertz CT molecular complexity index is 607. The summed E-state index contributed by atoms with van der Waals surface area (Å²) in [5.74, 6) is -0.107. The van der Waals surface area contributed by atoms with Gasteiger partial charge in [-0.3, -0.25) is 4.79 Å². The van der Waals surface area contributed by atoms with Crippen LogP contribution in [0, 0.1) is 13.8 Å². The number of halogens is 1. The van der Waals surface area contributed by atoms with Crippen LogP contribution in [0.2, 0.25) is 0 Å². The molecule has 0 bridgehead atoms. The summed E-state index contributed by atoms with van der Waals surface area (Å²) in [4.78, 5) is 12.8. The Balaban J connectivity index is 2.28. The summed E-state index contributed by atoms with van der Waals surface area (Å²) in [5.41, 5.74) is 9.27. The number of nitrogen functional groups attached to an aromatic ring is 1. The lowest BCUT2D eigenvalue weighted by Gasteiger charge is -2.10. The molecule has 1 amide bonds. The minimum absolute atomic E-state index is 0.107. The van der Waals surface area contributed by atoms with Crippen LogP contribution in [0.4, 0.5) is 11.4 Å². The van der Waals surface area contributed by atoms with E-state index in [1.807, 2.05) is 37.4 Å². The highest BCUT2D eigenvalue weighted by atomic mass is 79.9. The van der Waals surface area contributed by atoms with E-state index in [9.17, 15) is 4.79 Å². The molecule has 2 rings (SSSR count). The molecule has 0 radical (unpaired) electrons. The first-order chi connectivity index (χ1) is 8.49. The van der Waals surface area contributed by atoms with Gasteiger partial charge in [-0.05, 0) is 64.5 Å². The average molecular weight is 325 g/mol. The molecular formula is C13H13BrN2OS. The van der Waals surface area contributed by atoms with Gasteiger partial charge in [-0.25, -0.2) is 0 Å². The Morgan fingerprint density at radius 3 is 2.67 bits per heavy atom. The third-order valence-electron chi connectivity index (χ3n) is 2.68. The van der Waals surface area contributed by atoms with E-state index in [2.05, 4.69) is 21.2 Å². The molecule has 94 valence electrons. The Morgan fingerprint density at radius 2 is 2.06 bits per heavy atom. The predicted octanol–water partition coefficient (Wildman–Crippen LogP) is 3.96. The van der Waals surface area contributed by atoms with Gasteiger partial charge in [-0.1, -0.05) is 0 Å². The summed E-state index contributed by atoms with van der Waals surface area (Å²) in [6.07, 6.45) is 0. The van der Waals surface area contributed by atoms with Crippen molar-refractivity contribution in [1.29, 1.82) is 0 Å². The minimum Gasteiger partial charge on any atom is -0.399 e. The SMILES string of the molecule is Cc1cc(NC(=O)c2sccc2Br)c(C)cc1N. The smallest absolute Gasteiger partial charge is 0.266 e. The number of rotatable bonds is 2. The van der Waals surface area contributed by atoms with E-state index < -0.39 is 0 Å². The number of nitrogens with two attached hydrogens (primary N) is 1. The number of thiophene rings is 1. The molecule has 0 unspecified atom stereocenters. The number of nitrogens with one attached hydrogen (secondary N) is 1. The van der Waals surface area contributed by atoms with E-state index in [4.69, 9.17) is 5.73 Å². The van der Waals surface area contributed by atoms with Crippen LogP contribution in [0.25, 0.3) is 0 Å². The molecule has 0 aliphatic rings. The van der Waals surface area contributed by atoms with Crippen LogP contribution in [0.5, 0.6) is 0 Å². The summed E-state index contributed by atoms with van der Waals surface area (Å²) in [6, 6.07) is 5.62. The van der Waals surface area contributed by atoms with Crippen molar-refractivity contribution in [3.05, 3.63) is 44.1 Å². The molecule has 0 aliphatic carbocycles. The van der Waals surface area contributed by atoms with Crippen LogP contribution >= 0.6 is 27.3 Å². The number of anilines is 2. The second kappa shape index (κ2) is 5.12. The summed E-state index contributed by atoms with van der Waals surface area (Å²) in [5, 5.41) is 4.78. The lowest BCUT2D eigenvalue weighted by molar-refractivity contribution is 0.103. The Hall–Kier alpha value is -1.33. The highest BCUT2D eigenvalue weighted by Gasteiger charge is 2.13. The fraction of sp³-hybridized carbons (Fsp3) is 0.154. The number of carbonyl (C=O) groups is 1. The Kier molecular flexibility index (Phi) is 3.73. The first-order valence-electron chi connectivity index (χ1n) is 5.40. The van der Waals surface area contributed by atoms with Gasteiger partial charge in [0.15, 0.2) is 0 Å². The van der Waals surface area contributed by atoms with Gasteiger partial charge in [0.25, 0.3) is 5.91 Å². The molecule has 2 aromatic rings. The van der Waals surface area contributed by atoms with Crippen LogP contribution in [0.15, 0.2) is 28.1 Å². The summed E-state index contributed by atoms with van der Waals surface area (Å²) < 4.78 is 0.815. The molecule has 1 heterocycles. The van der Waals surface area contributed by atoms with Crippen LogP contribution in [-0.2, 0) is 0 Å². The van der Waals surface area contributed by atoms with E-state index in [1.54, 1.807) is 0 Å². The normalized spacial score (nSPS) is 10.4. The van der Waals surface area contributed by atoms with E-state index >= 15 is 0 Å². The van der Waals surface area contributed by atoms with Crippen molar-refractivity contribution in [3.8, 4) is 0 Å². The minimum atomic E-state index is -0.107. The molecule has 18 heavy (non-hydrogen) atoms. The van der Waals surface area contributed by atoms with Crippen molar-refractivity contribution in [2.45, 2.75) is 13.8 Å². The van der Waals surface area contributed by atoms with Crippen LogP contribution in [-0.4, -0.2) is 5.91 Å². The number of hydrogen-bond acceptors (Lipinski definition) is 3. The number of benzene rings is 1. The maximum atomic E-state index is 12.1. The third-order valence-corrected chi connectivity index (χ3v) is 4.52. The standard InChI is InChI=1S/C13H13BrN2OS/c1-7-6-11(8(2)5-10(7)15)16-13(17)12-9(14)3-4-18-12/h3-6H,15H2,1-2H3,(H,16,17). The van der Waals surface area contributed by atoms with Gasteiger partial charge in [0.1, 0.15) is 4.88 Å². The van der Waals surface area contributed by atoms with Crippen LogP contribution in [0.1, 0.15) is 20.8 Å². The van der Waals surface area contributed by atoms with Gasteiger partial charge in [0, 0.05) is 15.8 Å². The topological polar surface area (TPSA) is 55.1 Å². The third kappa shape index (κ3) is 2.57. The second-order valence-electron chi connectivity index (χ2n) is 4.08. The van der Waals surface area contributed by atoms with Gasteiger partial charge >= 0.3 is 0 Å². The average Bonchev–Trinajstić information content (AvgIpc) is 2.72. The van der Waals surface area contributed by atoms with Gasteiger partial charge < -0.3 is 11.1 Å². The molecule has 0 spiro atoms. The van der Waals surface area contributed by atoms with Gasteiger partial charge in [-0.15, -0.1) is 11.3 Å². The van der Waals surface area contributed by atoms with Crippen LogP contribution < -0.4 is 11.1 Å². The van der Waals surface area contributed by atoms with Crippen molar-refractivity contribution >= 4 is 44.5 Å². The molecule has 0 aliphatic heterocycles. The van der Waals surface area contributed by atoms with Crippen molar-refractivity contribution in [2.24, 2.45) is 0 Å². The number of aryl methyl sites for hydroxylation is 2. The number of amides is 1. The molecule has 1 aromatic carbocycles. The highest BCUT2D eigenvalue weighted by Crippen LogP contribution is 2.26. The zero-order chi connectivity index (χ0) is 13.3. The predicted molar refractivity (Wildman–Crippen MR) is 80.3 cm³/mol. The van der Waals surface area contributed by atoms with Crippen molar-refractivity contribution in [3.63, 3.8) is 0 Å². The van der Waals surface area contributed by atoms with Gasteiger partial charge in [0.05, 0.1) is 0 Å². The van der Waals surface area contributed by atoms with E-state index in [0.717, 1.165) is 27.0 Å². The van der Waals surface area contributed by atoms with Crippen LogP contribution in [0.3, 0.4) is 0 Å². The zero-order valence-corrected chi connectivity index (χ0v) is 12.5. The summed E-state index contributed by atoms with van der Waals surface area (Å²) >= 11 is 4.76.